The van der Waals surface area contributed by atoms with Crippen LogP contribution in [0.4, 0.5) is 17.1 Å². The van der Waals surface area contributed by atoms with E-state index in [2.05, 4.69) is 30.6 Å². The number of benzene rings is 4. The Balaban J connectivity index is 1.23. The van der Waals surface area contributed by atoms with Gasteiger partial charge in [-0.05, 0) is 85.7 Å². The first-order chi connectivity index (χ1) is 20.5. The second-order valence-electron chi connectivity index (χ2n) is 9.67. The number of aromatic nitrogens is 3. The zero-order valence-corrected chi connectivity index (χ0v) is 24.7. The molecule has 0 bridgehead atoms. The van der Waals surface area contributed by atoms with Gasteiger partial charge in [0.25, 0.3) is 5.91 Å². The highest BCUT2D eigenvalue weighted by atomic mass is 35.5. The molecule has 12 heteroatoms. The van der Waals surface area contributed by atoms with Gasteiger partial charge in [-0.3, -0.25) is 10.1 Å². The predicted molar refractivity (Wildman–Crippen MR) is 172 cm³/mol. The summed E-state index contributed by atoms with van der Waals surface area (Å²) >= 11 is 10.0. The number of nitrogens with one attached hydrogen (secondary N) is 3. The molecule has 1 amide bonds. The Labute approximate surface area is 256 Å². The molecule has 9 nitrogen and oxygen atoms in total. The third kappa shape index (κ3) is 6.04. The van der Waals surface area contributed by atoms with Crippen molar-refractivity contribution < 1.29 is 9.35 Å². The van der Waals surface area contributed by atoms with Crippen LogP contribution in [0.15, 0.2) is 95.9 Å². The maximum Gasteiger partial charge on any atom is 0.259 e. The molecule has 4 aromatic carbocycles. The number of carbonyl (C=O) groups excluding carboxylic acids is 1. The molecule has 5 aromatic rings. The molecule has 6 rings (SSSR count). The Hall–Kier alpha value is -4.16. The van der Waals surface area contributed by atoms with Gasteiger partial charge < -0.3 is 14.8 Å². The smallest absolute Gasteiger partial charge is 0.259 e. The highest BCUT2D eigenvalue weighted by molar-refractivity contribution is 7.92. The molecule has 0 aliphatic carbocycles. The largest absolute Gasteiger partial charge is 0.588 e. The molecule has 0 saturated carbocycles. The van der Waals surface area contributed by atoms with Crippen LogP contribution in [0.25, 0.3) is 16.7 Å². The van der Waals surface area contributed by atoms with Crippen molar-refractivity contribution in [3.63, 3.8) is 0 Å². The molecule has 0 radical (unpaired) electrons. The summed E-state index contributed by atoms with van der Waals surface area (Å²) in [6.45, 7) is 1.80. The normalized spacial score (nSPS) is 13.6. The average molecular weight is 616 g/mol. The van der Waals surface area contributed by atoms with Crippen LogP contribution in [0, 0.1) is 0 Å². The maximum atomic E-state index is 13.5. The second-order valence-corrected chi connectivity index (χ2v) is 11.7. The Kier molecular flexibility index (Phi) is 8.24. The Morgan fingerprint density at radius 2 is 1.67 bits per heavy atom. The summed E-state index contributed by atoms with van der Waals surface area (Å²) in [6.07, 6.45) is 2.17. The van der Waals surface area contributed by atoms with Crippen LogP contribution < -0.4 is 20.3 Å². The van der Waals surface area contributed by atoms with Crippen molar-refractivity contribution in [1.29, 1.82) is 0 Å². The number of hydrogen-bond acceptors (Lipinski definition) is 7. The molecular weight excluding hydrogens is 590 g/mol. The first-order valence-corrected chi connectivity index (χ1v) is 15.2. The summed E-state index contributed by atoms with van der Waals surface area (Å²) < 4.78 is 17.8. The molecule has 1 saturated heterocycles. The zero-order valence-electron chi connectivity index (χ0n) is 22.3. The lowest BCUT2D eigenvalue weighted by molar-refractivity contribution is 0.0977. The lowest BCUT2D eigenvalue weighted by Gasteiger charge is -2.23. The fourth-order valence-electron chi connectivity index (χ4n) is 4.87. The predicted octanol–water partition coefficient (Wildman–Crippen LogP) is 5.94. The molecule has 0 spiro atoms. The number of nitrogens with zero attached hydrogens (tertiary/aromatic N) is 4. The summed E-state index contributed by atoms with van der Waals surface area (Å²) in [6, 6.07) is 27.2. The Morgan fingerprint density at radius 1 is 0.929 bits per heavy atom. The van der Waals surface area contributed by atoms with Crippen molar-refractivity contribution in [1.82, 2.24) is 20.3 Å². The van der Waals surface area contributed by atoms with Crippen LogP contribution in [0.1, 0.15) is 23.2 Å². The lowest BCUT2D eigenvalue weighted by Crippen LogP contribution is -2.35. The molecule has 212 valence electrons. The van der Waals surface area contributed by atoms with Crippen molar-refractivity contribution in [3.8, 4) is 5.69 Å². The molecule has 1 aromatic heterocycles. The van der Waals surface area contributed by atoms with Gasteiger partial charge in [-0.2, -0.15) is 0 Å². The van der Waals surface area contributed by atoms with Crippen LogP contribution in [-0.2, 0) is 11.4 Å². The molecule has 3 N–H and O–H groups in total. The third-order valence-corrected chi connectivity index (χ3v) is 8.45. The van der Waals surface area contributed by atoms with Crippen molar-refractivity contribution in [2.24, 2.45) is 0 Å². The van der Waals surface area contributed by atoms with Crippen molar-refractivity contribution in [2.75, 3.05) is 28.0 Å². The number of fused-ring (bicyclic) bond motifs is 1. The van der Waals surface area contributed by atoms with Crippen molar-refractivity contribution >= 4 is 74.3 Å². The SMILES string of the molecule is O=C(NC(=S)Nc1cc([S+]([O-])Nc2ccc(Cl)cc2)ccc1N1CCCC1)c1ccccc1-n1nnc2ccccc21. The highest BCUT2D eigenvalue weighted by Crippen LogP contribution is 2.32. The van der Waals surface area contributed by atoms with E-state index in [1.54, 1.807) is 47.1 Å². The van der Waals surface area contributed by atoms with E-state index in [0.29, 0.717) is 32.5 Å². The zero-order chi connectivity index (χ0) is 29.1. The monoisotopic (exact) mass is 615 g/mol. The standard InChI is InChI=1S/C30H26ClN7O2S2/c31-20-11-13-21(14-12-20)35-42(40)22-15-16-27(37-17-5-6-18-37)25(19-22)32-30(41)33-29(39)23-7-1-3-9-26(23)38-28-10-4-2-8-24(28)34-36-38/h1-4,7-16,19,35H,5-6,17-18H2,(H2,32,33,39,41). The second kappa shape index (κ2) is 12.4. The molecule has 1 aliphatic rings. The summed E-state index contributed by atoms with van der Waals surface area (Å²) in [5, 5.41) is 15.2. The van der Waals surface area contributed by atoms with Gasteiger partial charge in [0.2, 0.25) is 0 Å². The summed E-state index contributed by atoms with van der Waals surface area (Å²) in [5.41, 5.74) is 4.73. The van der Waals surface area contributed by atoms with Gasteiger partial charge in [0.1, 0.15) is 16.9 Å². The molecule has 2 heterocycles. The van der Waals surface area contributed by atoms with E-state index in [4.69, 9.17) is 23.8 Å². The van der Waals surface area contributed by atoms with E-state index in [1.807, 2.05) is 48.5 Å². The first kappa shape index (κ1) is 28.0. The fraction of sp³-hybridized carbons (Fsp3) is 0.133. The Morgan fingerprint density at radius 3 is 2.48 bits per heavy atom. The fourth-order valence-corrected chi connectivity index (χ4v) is 6.08. The highest BCUT2D eigenvalue weighted by Gasteiger charge is 2.22. The summed E-state index contributed by atoms with van der Waals surface area (Å²) in [7, 11) is 0. The summed E-state index contributed by atoms with van der Waals surface area (Å²) in [5.74, 6) is -0.394. The van der Waals surface area contributed by atoms with E-state index in [-0.39, 0.29) is 5.11 Å². The van der Waals surface area contributed by atoms with Gasteiger partial charge in [0.05, 0.1) is 33.8 Å². The topological polar surface area (TPSA) is 110 Å². The third-order valence-electron chi connectivity index (χ3n) is 6.89. The number of halogens is 1. The van der Waals surface area contributed by atoms with Crippen molar-refractivity contribution in [2.45, 2.75) is 17.7 Å². The van der Waals surface area contributed by atoms with Gasteiger partial charge in [0.15, 0.2) is 10.0 Å². The molecule has 42 heavy (non-hydrogen) atoms. The molecular formula is C30H26ClN7O2S2. The van der Waals surface area contributed by atoms with Crippen molar-refractivity contribution in [3.05, 3.63) is 102 Å². The van der Waals surface area contributed by atoms with Crippen LogP contribution in [0.3, 0.4) is 0 Å². The molecule has 1 aliphatic heterocycles. The number of thiocarbonyl (C=S) groups is 1. The van der Waals surface area contributed by atoms with Gasteiger partial charge in [0, 0.05) is 24.2 Å². The number of hydrogen-bond donors (Lipinski definition) is 3. The van der Waals surface area contributed by atoms with E-state index < -0.39 is 17.3 Å². The number of para-hydroxylation sites is 2. The quantitative estimate of drug-likeness (QED) is 0.153. The van der Waals surface area contributed by atoms with Gasteiger partial charge in [-0.15, -0.1) is 5.10 Å². The van der Waals surface area contributed by atoms with Gasteiger partial charge in [-0.25, -0.2) is 9.40 Å². The van der Waals surface area contributed by atoms with Crippen LogP contribution in [0.5, 0.6) is 0 Å². The van der Waals surface area contributed by atoms with Crippen LogP contribution >= 0.6 is 23.8 Å². The number of anilines is 3. The Bertz CT molecular complexity index is 1760. The van der Waals surface area contributed by atoms with Gasteiger partial charge in [-0.1, -0.05) is 41.1 Å². The number of rotatable bonds is 7. The average Bonchev–Trinajstić information content (AvgIpc) is 3.69. The number of carbonyl (C=O) groups is 1. The maximum absolute atomic E-state index is 13.5. The lowest BCUT2D eigenvalue weighted by atomic mass is 10.1. The van der Waals surface area contributed by atoms with E-state index in [9.17, 15) is 9.35 Å². The molecule has 1 fully saturated rings. The number of amides is 1. The molecule has 1 unspecified atom stereocenters. The first-order valence-electron chi connectivity index (χ1n) is 13.3. The van der Waals surface area contributed by atoms with E-state index in [1.165, 1.54) is 0 Å². The van der Waals surface area contributed by atoms with E-state index >= 15 is 0 Å². The van der Waals surface area contributed by atoms with E-state index in [0.717, 1.165) is 42.7 Å². The van der Waals surface area contributed by atoms with Crippen LogP contribution in [0.2, 0.25) is 5.02 Å². The minimum Gasteiger partial charge on any atom is -0.588 e. The minimum absolute atomic E-state index is 0.118. The van der Waals surface area contributed by atoms with Crippen LogP contribution in [-0.4, -0.2) is 43.7 Å². The summed E-state index contributed by atoms with van der Waals surface area (Å²) in [4.78, 5) is 16.3. The minimum atomic E-state index is -1.55. The van der Waals surface area contributed by atoms with Gasteiger partial charge >= 0.3 is 0 Å². The molecule has 1 atom stereocenters.